The van der Waals surface area contributed by atoms with Crippen molar-refractivity contribution in [1.82, 2.24) is 10.2 Å². The van der Waals surface area contributed by atoms with Crippen LogP contribution in [0.15, 0.2) is 17.5 Å². The van der Waals surface area contributed by atoms with Crippen molar-refractivity contribution in [1.29, 1.82) is 0 Å². The van der Waals surface area contributed by atoms with Crippen LogP contribution >= 0.6 is 11.3 Å². The Kier molecular flexibility index (Phi) is 5.01. The Balaban J connectivity index is 1.82. The minimum atomic E-state index is 0.703. The van der Waals surface area contributed by atoms with Crippen molar-refractivity contribution in [3.8, 4) is 0 Å². The molecule has 1 aliphatic rings. The molecule has 2 nitrogen and oxygen atoms in total. The summed E-state index contributed by atoms with van der Waals surface area (Å²) in [6.07, 6.45) is 2.67. The second-order valence-electron chi connectivity index (χ2n) is 5.15. The van der Waals surface area contributed by atoms with E-state index in [1.807, 2.05) is 11.3 Å². The van der Waals surface area contributed by atoms with Gasteiger partial charge in [-0.05, 0) is 50.2 Å². The van der Waals surface area contributed by atoms with Crippen LogP contribution in [0.1, 0.15) is 31.6 Å². The molecular weight excluding hydrogens is 228 g/mol. The zero-order chi connectivity index (χ0) is 12.1. The number of hydrogen-bond acceptors (Lipinski definition) is 3. The third kappa shape index (κ3) is 4.09. The van der Waals surface area contributed by atoms with E-state index in [-0.39, 0.29) is 0 Å². The summed E-state index contributed by atoms with van der Waals surface area (Å²) in [6.45, 7) is 9.34. The maximum atomic E-state index is 3.53. The topological polar surface area (TPSA) is 15.3 Å². The van der Waals surface area contributed by atoms with Crippen LogP contribution in [0.5, 0.6) is 0 Å². The second kappa shape index (κ2) is 6.53. The van der Waals surface area contributed by atoms with Crippen molar-refractivity contribution in [3.05, 3.63) is 22.4 Å². The van der Waals surface area contributed by atoms with Crippen LogP contribution in [0.3, 0.4) is 0 Å². The largest absolute Gasteiger partial charge is 0.314 e. The molecule has 2 atom stereocenters. The zero-order valence-corrected chi connectivity index (χ0v) is 11.8. The molecule has 3 heteroatoms. The van der Waals surface area contributed by atoms with Gasteiger partial charge in [0, 0.05) is 24.0 Å². The van der Waals surface area contributed by atoms with Crippen LogP contribution in [0.2, 0.25) is 0 Å². The van der Waals surface area contributed by atoms with Gasteiger partial charge in [0.2, 0.25) is 0 Å². The summed E-state index contributed by atoms with van der Waals surface area (Å²) in [7, 11) is 0. The fraction of sp³-hybridized carbons (Fsp3) is 0.714. The first-order valence-electron chi connectivity index (χ1n) is 6.76. The molecule has 0 radical (unpaired) electrons. The number of nitrogens with zero attached hydrogens (tertiary/aromatic N) is 1. The van der Waals surface area contributed by atoms with Crippen molar-refractivity contribution in [2.45, 2.75) is 39.3 Å². The molecule has 0 spiro atoms. The predicted octanol–water partition coefficient (Wildman–Crippen LogP) is 2.96. The number of rotatable bonds is 5. The van der Waals surface area contributed by atoms with E-state index in [1.54, 1.807) is 0 Å². The smallest absolute Gasteiger partial charge is 0.0327 e. The van der Waals surface area contributed by atoms with E-state index in [9.17, 15) is 0 Å². The summed E-state index contributed by atoms with van der Waals surface area (Å²) in [5.74, 6) is 0.881. The van der Waals surface area contributed by atoms with Gasteiger partial charge in [-0.3, -0.25) is 4.90 Å². The van der Waals surface area contributed by atoms with Gasteiger partial charge in [0.25, 0.3) is 0 Å². The lowest BCUT2D eigenvalue weighted by Gasteiger charge is -2.32. The van der Waals surface area contributed by atoms with Crippen LogP contribution in [0.4, 0.5) is 0 Å². The Hall–Kier alpha value is -0.380. The summed E-state index contributed by atoms with van der Waals surface area (Å²) in [4.78, 5) is 4.09. The molecular formula is C14H24N2S. The molecule has 1 aromatic heterocycles. The van der Waals surface area contributed by atoms with Gasteiger partial charge >= 0.3 is 0 Å². The highest BCUT2D eigenvalue weighted by atomic mass is 32.1. The average molecular weight is 252 g/mol. The van der Waals surface area contributed by atoms with E-state index in [2.05, 4.69) is 41.6 Å². The predicted molar refractivity (Wildman–Crippen MR) is 75.5 cm³/mol. The summed E-state index contributed by atoms with van der Waals surface area (Å²) < 4.78 is 0. The standard InChI is InChI=1S/C14H24N2S/c1-3-16(11-14-5-4-8-17-14)10-13-6-7-15-12(2)9-13/h4-5,8,12-13,15H,3,6-7,9-11H2,1-2H3. The van der Waals surface area contributed by atoms with E-state index in [4.69, 9.17) is 0 Å². The summed E-state index contributed by atoms with van der Waals surface area (Å²) >= 11 is 1.88. The first-order chi connectivity index (χ1) is 8.28. The molecule has 2 unspecified atom stereocenters. The van der Waals surface area contributed by atoms with Crippen LogP contribution < -0.4 is 5.32 Å². The molecule has 0 bridgehead atoms. The quantitative estimate of drug-likeness (QED) is 0.867. The van der Waals surface area contributed by atoms with Gasteiger partial charge in [0.05, 0.1) is 0 Å². The molecule has 2 heterocycles. The van der Waals surface area contributed by atoms with Crippen LogP contribution in [0, 0.1) is 5.92 Å². The van der Waals surface area contributed by atoms with Gasteiger partial charge in [-0.15, -0.1) is 11.3 Å². The fourth-order valence-corrected chi connectivity index (χ4v) is 3.44. The first kappa shape index (κ1) is 13.1. The molecule has 1 N–H and O–H groups in total. The normalized spacial score (nSPS) is 25.4. The molecule has 0 amide bonds. The van der Waals surface area contributed by atoms with Crippen molar-refractivity contribution >= 4 is 11.3 Å². The maximum Gasteiger partial charge on any atom is 0.0327 e. The maximum absolute atomic E-state index is 3.53. The first-order valence-corrected chi connectivity index (χ1v) is 7.64. The van der Waals surface area contributed by atoms with Crippen LogP contribution in [-0.4, -0.2) is 30.6 Å². The number of piperidine rings is 1. The van der Waals surface area contributed by atoms with Gasteiger partial charge in [0.1, 0.15) is 0 Å². The Morgan fingerprint density at radius 1 is 1.53 bits per heavy atom. The van der Waals surface area contributed by atoms with Crippen molar-refractivity contribution in [2.24, 2.45) is 5.92 Å². The van der Waals surface area contributed by atoms with Gasteiger partial charge in [-0.2, -0.15) is 0 Å². The SMILES string of the molecule is CCN(Cc1cccs1)CC1CCNC(C)C1. The minimum Gasteiger partial charge on any atom is -0.314 e. The van der Waals surface area contributed by atoms with Crippen molar-refractivity contribution < 1.29 is 0 Å². The number of thiophene rings is 1. The summed E-state index contributed by atoms with van der Waals surface area (Å²) in [5, 5.41) is 5.71. The van der Waals surface area contributed by atoms with E-state index in [1.165, 1.54) is 30.8 Å². The molecule has 96 valence electrons. The van der Waals surface area contributed by atoms with Gasteiger partial charge < -0.3 is 5.32 Å². The Labute approximate surface area is 109 Å². The minimum absolute atomic E-state index is 0.703. The summed E-state index contributed by atoms with van der Waals surface area (Å²) in [5.41, 5.74) is 0. The third-order valence-corrected chi connectivity index (χ3v) is 4.52. The van der Waals surface area contributed by atoms with Gasteiger partial charge in [-0.1, -0.05) is 13.0 Å². The monoisotopic (exact) mass is 252 g/mol. The molecule has 0 saturated carbocycles. The highest BCUT2D eigenvalue weighted by Crippen LogP contribution is 2.19. The lowest BCUT2D eigenvalue weighted by Crippen LogP contribution is -2.40. The molecule has 0 aromatic carbocycles. The lowest BCUT2D eigenvalue weighted by molar-refractivity contribution is 0.193. The van der Waals surface area contributed by atoms with E-state index in [0.29, 0.717) is 6.04 Å². The summed E-state index contributed by atoms with van der Waals surface area (Å²) in [6, 6.07) is 5.10. The molecule has 17 heavy (non-hydrogen) atoms. The molecule has 1 fully saturated rings. The molecule has 1 saturated heterocycles. The molecule has 0 aliphatic carbocycles. The van der Waals surface area contributed by atoms with E-state index >= 15 is 0 Å². The highest BCUT2D eigenvalue weighted by Gasteiger charge is 2.20. The second-order valence-corrected chi connectivity index (χ2v) is 6.18. The van der Waals surface area contributed by atoms with Crippen molar-refractivity contribution in [2.75, 3.05) is 19.6 Å². The van der Waals surface area contributed by atoms with E-state index in [0.717, 1.165) is 19.0 Å². The lowest BCUT2D eigenvalue weighted by atomic mass is 9.93. The molecule has 2 rings (SSSR count). The number of hydrogen-bond donors (Lipinski definition) is 1. The van der Waals surface area contributed by atoms with E-state index < -0.39 is 0 Å². The number of nitrogens with one attached hydrogen (secondary N) is 1. The third-order valence-electron chi connectivity index (χ3n) is 3.66. The van der Waals surface area contributed by atoms with Crippen LogP contribution in [0.25, 0.3) is 0 Å². The average Bonchev–Trinajstić information content (AvgIpc) is 2.81. The highest BCUT2D eigenvalue weighted by molar-refractivity contribution is 7.09. The molecule has 1 aliphatic heterocycles. The van der Waals surface area contributed by atoms with Crippen LogP contribution in [-0.2, 0) is 6.54 Å². The van der Waals surface area contributed by atoms with Gasteiger partial charge in [-0.25, -0.2) is 0 Å². The Morgan fingerprint density at radius 3 is 3.06 bits per heavy atom. The fourth-order valence-electron chi connectivity index (χ4n) is 2.69. The molecule has 1 aromatic rings. The Bertz CT molecular complexity index is 310. The Morgan fingerprint density at radius 2 is 2.41 bits per heavy atom. The zero-order valence-electron chi connectivity index (χ0n) is 11.0. The van der Waals surface area contributed by atoms with Crippen molar-refractivity contribution in [3.63, 3.8) is 0 Å². The van der Waals surface area contributed by atoms with Gasteiger partial charge in [0.15, 0.2) is 0 Å².